The first-order valence-electron chi connectivity index (χ1n) is 28.9. The second-order valence-electron chi connectivity index (χ2n) is 23.6. The molecule has 0 aliphatic carbocycles. The van der Waals surface area contributed by atoms with Gasteiger partial charge in [0.05, 0.1) is 43.6 Å². The van der Waals surface area contributed by atoms with Crippen molar-refractivity contribution in [2.75, 3.05) is 75.4 Å². The number of pyridine rings is 1. The van der Waals surface area contributed by atoms with E-state index in [1.54, 1.807) is 27.2 Å². The highest BCUT2D eigenvalue weighted by Crippen LogP contribution is 2.46. The summed E-state index contributed by atoms with van der Waals surface area (Å²) >= 11 is 7.60. The summed E-state index contributed by atoms with van der Waals surface area (Å²) in [5.74, 6) is -1.60. The van der Waals surface area contributed by atoms with Crippen LogP contribution in [0.2, 0.25) is 5.02 Å². The Labute approximate surface area is 492 Å². The number of thiazole rings is 1. The number of aromatic hydroxyl groups is 1. The molecule has 2 unspecified atom stereocenters. The van der Waals surface area contributed by atoms with Crippen molar-refractivity contribution in [3.8, 4) is 33.5 Å². The molecule has 3 N–H and O–H groups in total. The van der Waals surface area contributed by atoms with Crippen molar-refractivity contribution in [2.24, 2.45) is 5.92 Å². The number of aryl methyl sites for hydroxylation is 1. The number of rotatable bonds is 15. The van der Waals surface area contributed by atoms with Crippen LogP contribution < -0.4 is 25.2 Å². The van der Waals surface area contributed by atoms with Gasteiger partial charge >= 0.3 is 18.3 Å². The van der Waals surface area contributed by atoms with Gasteiger partial charge in [0.15, 0.2) is 17.4 Å². The second kappa shape index (κ2) is 23.2. The zero-order chi connectivity index (χ0) is 58.8. The Morgan fingerprint density at radius 3 is 2.42 bits per heavy atom. The van der Waals surface area contributed by atoms with Gasteiger partial charge in [-0.05, 0) is 101 Å². The third-order valence-electron chi connectivity index (χ3n) is 17.9. The van der Waals surface area contributed by atoms with Crippen molar-refractivity contribution in [1.29, 1.82) is 0 Å². The Hall–Kier alpha value is -6.89. The molecule has 2 bridgehead atoms. The number of halogens is 5. The molecule has 0 saturated carbocycles. The van der Waals surface area contributed by atoms with E-state index >= 15 is 4.39 Å². The molecule has 6 aromatic rings. The molecule has 7 atom stereocenters. The van der Waals surface area contributed by atoms with E-state index in [-0.39, 0.29) is 72.0 Å². The summed E-state index contributed by atoms with van der Waals surface area (Å²) in [6, 6.07) is 10.6. The van der Waals surface area contributed by atoms with E-state index in [2.05, 4.69) is 35.6 Å². The Bertz CT molecular complexity index is 3440. The number of fused-ring (bicyclic) bond motifs is 4. The number of carbonyl (C=O) groups excluding carboxylic acids is 3. The molecule has 2 aromatic carbocycles. The molecule has 446 valence electrons. The van der Waals surface area contributed by atoms with Crippen LogP contribution in [-0.2, 0) is 20.5 Å². The maximum absolute atomic E-state index is 16.9. The fraction of sp³-hybridized carbons (Fsp3) is 0.525. The van der Waals surface area contributed by atoms with E-state index in [1.165, 1.54) is 6.20 Å². The second-order valence-corrected chi connectivity index (χ2v) is 24.8. The smallest absolute Gasteiger partial charge is 0.418 e. The van der Waals surface area contributed by atoms with Crippen LogP contribution in [0.15, 0.2) is 58.7 Å². The molecular formula is C59H67ClF4N12O7S. The molecular weight excluding hydrogens is 1130 g/mol. The van der Waals surface area contributed by atoms with Crippen molar-refractivity contribution >= 4 is 63.4 Å². The first-order chi connectivity index (χ1) is 40.3. The fourth-order valence-electron chi connectivity index (χ4n) is 13.6. The van der Waals surface area contributed by atoms with E-state index in [0.29, 0.717) is 76.1 Å². The highest BCUT2D eigenvalue weighted by atomic mass is 35.5. The number of hydrogen-bond donors (Lipinski definition) is 3. The summed E-state index contributed by atoms with van der Waals surface area (Å²) in [5, 5.41) is 20.8. The summed E-state index contributed by atoms with van der Waals surface area (Å²) in [6.07, 6.45) is 2.06. The minimum absolute atomic E-state index is 0.102. The number of benzene rings is 2. The lowest BCUT2D eigenvalue weighted by molar-refractivity contribution is -0.141. The lowest BCUT2D eigenvalue weighted by Crippen LogP contribution is -2.51. The predicted molar refractivity (Wildman–Crippen MR) is 307 cm³/mol. The van der Waals surface area contributed by atoms with Crippen molar-refractivity contribution < 1.29 is 51.0 Å². The number of phenols is 1. The number of piperazine rings is 2. The number of likely N-dealkylation sites (tertiary alicyclic amines) is 1. The molecule has 6 fully saturated rings. The number of hydrogen-bond acceptors (Lipinski definition) is 17. The maximum atomic E-state index is 16.9. The summed E-state index contributed by atoms with van der Waals surface area (Å²) in [5.41, 5.74) is 1.34. The Balaban J connectivity index is 0.661. The van der Waals surface area contributed by atoms with Crippen LogP contribution in [0, 0.1) is 18.7 Å². The fourth-order valence-corrected chi connectivity index (χ4v) is 14.7. The molecule has 6 aliphatic rings. The van der Waals surface area contributed by atoms with Gasteiger partial charge in [-0.3, -0.25) is 19.5 Å². The van der Waals surface area contributed by atoms with Gasteiger partial charge in [0, 0.05) is 81.8 Å². The number of phenolic OH excluding ortho intramolecular Hbond substituents is 1. The number of nitrogens with one attached hydrogen (secondary N) is 2. The minimum atomic E-state index is -5.00. The predicted octanol–water partition coefficient (Wildman–Crippen LogP) is 9.51. The minimum Gasteiger partial charge on any atom is -0.508 e. The van der Waals surface area contributed by atoms with Gasteiger partial charge in [-0.25, -0.2) is 14.2 Å². The Morgan fingerprint density at radius 2 is 1.70 bits per heavy atom. The standard InChI is InChI=1S/C59H67ClF4N12O7S/c1-32(2)47(55(79)75-17-5-7-44(75)54(78)67-33(3)35-8-10-36(11-9-35)52-34(4)66-31-84-52)45-25-46(71-83-45)72-19-21-73(22-20-72)57(80)81-29-39-14-16-58(15-6-18-76(39)58)30-82-56-69-51-42(53(70-56)74-27-37-12-13-38(28-74)68-37)26-65-50(49(51)61)41-23-40(77)24-43(60)48(41)59(62,63)64/h8-11,23-26,31-33,37-39,44,47,68,77H,5-7,12-22,27-30H2,1-4H3,(H,67,78)/t33-,37?,38?,39-,44-,47+,58+/m0/s1. The maximum Gasteiger partial charge on any atom is 0.418 e. The van der Waals surface area contributed by atoms with E-state index < -0.39 is 63.2 Å². The summed E-state index contributed by atoms with van der Waals surface area (Å²) in [4.78, 5) is 70.6. The highest BCUT2D eigenvalue weighted by Gasteiger charge is 2.51. The SMILES string of the molecule is Cc1ncsc1-c1ccc([C@H](C)NC(=O)[C@@H]2CCCN2C(=O)[C@@H](c2cc(N3CCN(C(=O)OC[C@@H]4CC[C@@]5(COc6nc(N7CC8CCC(C7)N8)c7cnc(-c8cc(O)cc(Cl)c8C(F)(F)F)c(F)c7n6)CCCN45)CC3)no2)C(C)C)cc1. The molecule has 4 aromatic heterocycles. The molecule has 6 saturated heterocycles. The summed E-state index contributed by atoms with van der Waals surface area (Å²) < 4.78 is 78.5. The number of carbonyl (C=O) groups is 3. The Morgan fingerprint density at radius 1 is 0.940 bits per heavy atom. The van der Waals surface area contributed by atoms with Crippen molar-refractivity contribution in [2.45, 2.75) is 127 Å². The normalized spacial score (nSPS) is 23.4. The third kappa shape index (κ3) is 11.2. The van der Waals surface area contributed by atoms with E-state index in [9.17, 15) is 32.7 Å². The molecule has 3 amide bonds. The highest BCUT2D eigenvalue weighted by molar-refractivity contribution is 7.13. The van der Waals surface area contributed by atoms with Crippen molar-refractivity contribution in [1.82, 2.24) is 50.4 Å². The third-order valence-corrected chi connectivity index (χ3v) is 19.2. The van der Waals surface area contributed by atoms with Gasteiger partial charge < -0.3 is 49.3 Å². The molecule has 84 heavy (non-hydrogen) atoms. The average molecular weight is 1200 g/mol. The van der Waals surface area contributed by atoms with Gasteiger partial charge in [0.2, 0.25) is 11.8 Å². The quantitative estimate of drug-likeness (QED) is 0.0818. The first kappa shape index (κ1) is 57.5. The number of amides is 3. The molecule has 19 nitrogen and oxygen atoms in total. The van der Waals surface area contributed by atoms with Crippen LogP contribution >= 0.6 is 22.9 Å². The van der Waals surface area contributed by atoms with Gasteiger partial charge in [-0.1, -0.05) is 54.9 Å². The monoisotopic (exact) mass is 1200 g/mol. The van der Waals surface area contributed by atoms with E-state index in [0.717, 1.165) is 78.9 Å². The molecule has 0 spiro atoms. The molecule has 0 radical (unpaired) electrons. The van der Waals surface area contributed by atoms with Crippen LogP contribution in [-0.4, -0.2) is 158 Å². The van der Waals surface area contributed by atoms with Crippen LogP contribution in [0.5, 0.6) is 11.8 Å². The van der Waals surface area contributed by atoms with E-state index in [4.69, 9.17) is 30.6 Å². The summed E-state index contributed by atoms with van der Waals surface area (Å²) in [7, 11) is 0. The van der Waals surface area contributed by atoms with Gasteiger partial charge in [0.1, 0.15) is 48.0 Å². The van der Waals surface area contributed by atoms with Gasteiger partial charge in [0.25, 0.3) is 0 Å². The zero-order valence-electron chi connectivity index (χ0n) is 47.1. The lowest BCUT2D eigenvalue weighted by Gasteiger charge is -2.36. The zero-order valence-corrected chi connectivity index (χ0v) is 48.7. The number of nitrogens with zero attached hydrogens (tertiary/aromatic N) is 10. The van der Waals surface area contributed by atoms with Crippen LogP contribution in [0.4, 0.5) is 34.0 Å². The van der Waals surface area contributed by atoms with Crippen LogP contribution in [0.25, 0.3) is 32.6 Å². The van der Waals surface area contributed by atoms with Gasteiger partial charge in [-0.2, -0.15) is 23.1 Å². The average Bonchev–Trinajstić information content (AvgIpc) is 4.51. The van der Waals surface area contributed by atoms with Crippen LogP contribution in [0.1, 0.15) is 107 Å². The largest absolute Gasteiger partial charge is 0.508 e. The molecule has 6 aliphatic heterocycles. The molecule has 12 rings (SSSR count). The molecule has 10 heterocycles. The summed E-state index contributed by atoms with van der Waals surface area (Å²) in [6.45, 7) is 12.1. The van der Waals surface area contributed by atoms with Crippen molar-refractivity contribution in [3.63, 3.8) is 0 Å². The van der Waals surface area contributed by atoms with Crippen molar-refractivity contribution in [3.05, 3.63) is 87.6 Å². The van der Waals surface area contributed by atoms with Crippen LogP contribution in [0.3, 0.4) is 0 Å². The number of aromatic nitrogens is 5. The molecule has 25 heteroatoms. The number of anilines is 2. The number of ether oxygens (including phenoxy) is 2. The topological polar surface area (TPSA) is 208 Å². The number of alkyl halides is 3. The Kier molecular flexibility index (Phi) is 15.9. The first-order valence-corrected chi connectivity index (χ1v) is 30.2. The van der Waals surface area contributed by atoms with E-state index in [1.807, 2.05) is 67.3 Å². The lowest BCUT2D eigenvalue weighted by atomic mass is 9.91. The van der Waals surface area contributed by atoms with Gasteiger partial charge in [-0.15, -0.1) is 11.3 Å².